The molecule has 3 N–H and O–H groups in total. The van der Waals surface area contributed by atoms with Crippen LogP contribution in [0.2, 0.25) is 0 Å². The Kier molecular flexibility index (Phi) is 9.56. The fraction of sp³-hybridized carbons (Fsp3) is 0.483. The average molecular weight is 634 g/mol. The summed E-state index contributed by atoms with van der Waals surface area (Å²) in [5.74, 6) is 0.347. The van der Waals surface area contributed by atoms with Gasteiger partial charge in [0.2, 0.25) is 20.0 Å². The number of rotatable bonds is 12. The third kappa shape index (κ3) is 7.28. The van der Waals surface area contributed by atoms with E-state index in [1.54, 1.807) is 41.2 Å². The van der Waals surface area contributed by atoms with Crippen molar-refractivity contribution < 1.29 is 31.4 Å². The molecule has 12 nitrogen and oxygen atoms in total. The molecule has 1 unspecified atom stereocenters. The zero-order valence-electron chi connectivity index (χ0n) is 24.3. The van der Waals surface area contributed by atoms with Crippen LogP contribution in [0, 0.1) is 0 Å². The first-order chi connectivity index (χ1) is 20.5. The molecule has 2 atom stereocenters. The molecule has 0 saturated carbocycles. The van der Waals surface area contributed by atoms with Crippen molar-refractivity contribution in [2.24, 2.45) is 0 Å². The van der Waals surface area contributed by atoms with E-state index in [-0.39, 0.29) is 29.0 Å². The second-order valence-electron chi connectivity index (χ2n) is 11.0. The number of aryl methyl sites for hydroxylation is 1. The highest BCUT2D eigenvalue weighted by molar-refractivity contribution is 7.89. The van der Waals surface area contributed by atoms with E-state index in [1.807, 2.05) is 19.2 Å². The summed E-state index contributed by atoms with van der Waals surface area (Å²) in [6, 6.07) is 13.1. The summed E-state index contributed by atoms with van der Waals surface area (Å²) in [5, 5.41) is 18.1. The lowest BCUT2D eigenvalue weighted by atomic mass is 9.88. The third-order valence-corrected chi connectivity index (χ3v) is 11.4. The molecule has 2 saturated heterocycles. The van der Waals surface area contributed by atoms with Crippen molar-refractivity contribution in [1.82, 2.24) is 24.1 Å². The molecular formula is C29H39N5O7S2. The molecule has 5 rings (SSSR count). The molecule has 14 heteroatoms. The fourth-order valence-electron chi connectivity index (χ4n) is 5.53. The van der Waals surface area contributed by atoms with Gasteiger partial charge in [-0.1, -0.05) is 18.2 Å². The largest absolute Gasteiger partial charge is 0.491 e. The van der Waals surface area contributed by atoms with Crippen molar-refractivity contribution in [3.05, 3.63) is 60.9 Å². The minimum atomic E-state index is -3.66. The van der Waals surface area contributed by atoms with Crippen LogP contribution in [0.4, 0.5) is 0 Å². The van der Waals surface area contributed by atoms with Crippen LogP contribution in [0.25, 0.3) is 11.1 Å². The minimum absolute atomic E-state index is 0.0102. The van der Waals surface area contributed by atoms with E-state index in [9.17, 15) is 21.9 Å². The highest BCUT2D eigenvalue weighted by atomic mass is 32.2. The lowest BCUT2D eigenvalue weighted by molar-refractivity contribution is -0.0312. The number of benzene rings is 2. The summed E-state index contributed by atoms with van der Waals surface area (Å²) < 4.78 is 68.4. The molecule has 0 amide bonds. The number of hydrogen-bond donors (Lipinski definition) is 3. The Bertz CT molecular complexity index is 1620. The number of aliphatic hydroxyl groups excluding tert-OH is 1. The summed E-state index contributed by atoms with van der Waals surface area (Å²) >= 11 is 0. The fourth-order valence-corrected chi connectivity index (χ4v) is 7.78. The van der Waals surface area contributed by atoms with Crippen LogP contribution in [0.15, 0.2) is 70.7 Å². The Balaban J connectivity index is 1.10. The molecule has 2 aliphatic rings. The van der Waals surface area contributed by atoms with E-state index in [0.717, 1.165) is 24.1 Å². The number of piperidine rings is 1. The van der Waals surface area contributed by atoms with Gasteiger partial charge in [0, 0.05) is 50.0 Å². The SMILES string of the molecule is CCn1cc(-c2cccc(S(=O)(=O)N3CCC4(CC3)C[C@@H](NCC(O)COc3cccc(S(=O)(=O)NC)c3)CO4)c2)cn1. The highest BCUT2D eigenvalue weighted by Crippen LogP contribution is 2.37. The Morgan fingerprint density at radius 2 is 1.84 bits per heavy atom. The first-order valence-electron chi connectivity index (χ1n) is 14.4. The molecule has 0 bridgehead atoms. The van der Waals surface area contributed by atoms with E-state index in [4.69, 9.17) is 9.47 Å². The standard InChI is InChI=1S/C29H39N5O7S2/c1-3-33-19-23(17-32-33)22-6-4-9-28(14-22)43(38,39)34-12-10-29(11-13-34)16-24(20-41-29)31-18-25(35)21-40-26-7-5-8-27(15-26)42(36,37)30-2/h4-9,14-15,17,19,24-25,30-31,35H,3,10-13,16,18,20-21H2,1-2H3/t24-,25?/m1/s1. The van der Waals surface area contributed by atoms with Crippen molar-refractivity contribution >= 4 is 20.0 Å². The average Bonchev–Trinajstić information content (AvgIpc) is 3.67. The molecule has 43 heavy (non-hydrogen) atoms. The van der Waals surface area contributed by atoms with Gasteiger partial charge in [0.15, 0.2) is 0 Å². The van der Waals surface area contributed by atoms with E-state index in [2.05, 4.69) is 15.1 Å². The molecule has 2 aromatic carbocycles. The lowest BCUT2D eigenvalue weighted by Gasteiger charge is -2.38. The van der Waals surface area contributed by atoms with E-state index in [0.29, 0.717) is 38.3 Å². The normalized spacial score (nSPS) is 19.9. The Labute approximate surface area is 253 Å². The van der Waals surface area contributed by atoms with Crippen LogP contribution in [0.1, 0.15) is 26.2 Å². The Hall–Kier alpha value is -2.85. The summed E-state index contributed by atoms with van der Waals surface area (Å²) in [4.78, 5) is 0.352. The molecule has 0 radical (unpaired) electrons. The molecule has 0 aliphatic carbocycles. The molecule has 1 aromatic heterocycles. The van der Waals surface area contributed by atoms with Crippen LogP contribution in [-0.2, 0) is 31.3 Å². The third-order valence-electron chi connectivity index (χ3n) is 8.07. The molecule has 234 valence electrons. The van der Waals surface area contributed by atoms with E-state index in [1.165, 1.54) is 23.5 Å². The van der Waals surface area contributed by atoms with Crippen molar-refractivity contribution in [2.75, 3.05) is 39.9 Å². The molecular weight excluding hydrogens is 594 g/mol. The quantitative estimate of drug-likeness (QED) is 0.271. The second-order valence-corrected chi connectivity index (χ2v) is 14.8. The van der Waals surface area contributed by atoms with E-state index >= 15 is 0 Å². The molecule has 3 aromatic rings. The molecule has 2 aliphatic heterocycles. The number of aliphatic hydroxyl groups is 1. The zero-order chi connectivity index (χ0) is 30.7. The lowest BCUT2D eigenvalue weighted by Crippen LogP contribution is -2.47. The number of aromatic nitrogens is 2. The van der Waals surface area contributed by atoms with Gasteiger partial charge in [0.05, 0.1) is 28.2 Å². The number of sulfonamides is 2. The smallest absolute Gasteiger partial charge is 0.243 e. The summed E-state index contributed by atoms with van der Waals surface area (Å²) in [6.45, 7) is 4.20. The molecule has 1 spiro atoms. The van der Waals surface area contributed by atoms with Crippen molar-refractivity contribution in [1.29, 1.82) is 0 Å². The van der Waals surface area contributed by atoms with Crippen LogP contribution < -0.4 is 14.8 Å². The maximum absolute atomic E-state index is 13.5. The number of nitrogens with one attached hydrogen (secondary N) is 2. The maximum Gasteiger partial charge on any atom is 0.243 e. The highest BCUT2D eigenvalue weighted by Gasteiger charge is 2.44. The van der Waals surface area contributed by atoms with Gasteiger partial charge in [-0.2, -0.15) is 9.40 Å². The van der Waals surface area contributed by atoms with Crippen LogP contribution in [0.3, 0.4) is 0 Å². The maximum atomic E-state index is 13.5. The monoisotopic (exact) mass is 633 g/mol. The van der Waals surface area contributed by atoms with Crippen LogP contribution >= 0.6 is 0 Å². The summed E-state index contributed by atoms with van der Waals surface area (Å²) in [6.07, 6.45) is 4.72. The topological polar surface area (TPSA) is 152 Å². The Morgan fingerprint density at radius 1 is 1.09 bits per heavy atom. The predicted molar refractivity (Wildman–Crippen MR) is 161 cm³/mol. The van der Waals surface area contributed by atoms with Gasteiger partial charge in [-0.15, -0.1) is 0 Å². The number of ether oxygens (including phenoxy) is 2. The number of hydrogen-bond acceptors (Lipinski definition) is 9. The second kappa shape index (κ2) is 13.0. The van der Waals surface area contributed by atoms with Gasteiger partial charge in [0.25, 0.3) is 0 Å². The van der Waals surface area contributed by atoms with Gasteiger partial charge >= 0.3 is 0 Å². The first-order valence-corrected chi connectivity index (χ1v) is 17.3. The number of nitrogens with zero attached hydrogens (tertiary/aromatic N) is 3. The van der Waals surface area contributed by atoms with Gasteiger partial charge in [-0.05, 0) is 63.1 Å². The predicted octanol–water partition coefficient (Wildman–Crippen LogP) is 1.82. The van der Waals surface area contributed by atoms with Crippen molar-refractivity contribution in [3.8, 4) is 16.9 Å². The molecule has 2 fully saturated rings. The van der Waals surface area contributed by atoms with Crippen LogP contribution in [-0.4, -0.2) is 93.7 Å². The van der Waals surface area contributed by atoms with Gasteiger partial charge in [0.1, 0.15) is 18.5 Å². The molecule has 3 heterocycles. The summed E-state index contributed by atoms with van der Waals surface area (Å²) in [7, 11) is -5.92. The van der Waals surface area contributed by atoms with Gasteiger partial charge in [-0.3, -0.25) is 4.68 Å². The zero-order valence-corrected chi connectivity index (χ0v) is 26.0. The summed E-state index contributed by atoms with van der Waals surface area (Å²) in [5.41, 5.74) is 1.28. The van der Waals surface area contributed by atoms with Crippen molar-refractivity contribution in [3.63, 3.8) is 0 Å². The van der Waals surface area contributed by atoms with E-state index < -0.39 is 31.8 Å². The van der Waals surface area contributed by atoms with Crippen LogP contribution in [0.5, 0.6) is 5.75 Å². The van der Waals surface area contributed by atoms with Gasteiger partial charge < -0.3 is 19.9 Å². The Morgan fingerprint density at radius 3 is 2.56 bits per heavy atom. The van der Waals surface area contributed by atoms with Gasteiger partial charge in [-0.25, -0.2) is 21.6 Å². The minimum Gasteiger partial charge on any atom is -0.491 e. The van der Waals surface area contributed by atoms with Crippen molar-refractivity contribution in [2.45, 2.75) is 60.3 Å². The first kappa shape index (κ1) is 31.6.